The summed E-state index contributed by atoms with van der Waals surface area (Å²) in [5.41, 5.74) is 0.130. The zero-order valence-corrected chi connectivity index (χ0v) is 12.9. The van der Waals surface area contributed by atoms with Crippen LogP contribution in [0.2, 0.25) is 0 Å². The number of carbonyl (C=O) groups excluding carboxylic acids is 2. The number of rotatable bonds is 0. The van der Waals surface area contributed by atoms with Gasteiger partial charge in [-0.25, -0.2) is 0 Å². The average molecular weight is 276 g/mol. The molecule has 0 amide bonds. The molecule has 0 radical (unpaired) electrons. The first kappa shape index (κ1) is 13.8. The average Bonchev–Trinajstić information content (AvgIpc) is 2.70. The first-order valence-electron chi connectivity index (χ1n) is 7.67. The molecule has 3 nitrogen and oxygen atoms in total. The maximum Gasteiger partial charge on any atom is 0.306 e. The molecular weight excluding hydrogens is 252 g/mol. The minimum Gasteiger partial charge on any atom is -0.454 e. The van der Waals surface area contributed by atoms with Crippen LogP contribution in [-0.4, -0.2) is 17.4 Å². The Morgan fingerprint density at radius 2 is 1.85 bits per heavy atom. The van der Waals surface area contributed by atoms with E-state index in [9.17, 15) is 9.59 Å². The molecule has 3 heteroatoms. The van der Waals surface area contributed by atoms with Crippen molar-refractivity contribution in [3.05, 3.63) is 11.6 Å². The van der Waals surface area contributed by atoms with Gasteiger partial charge in [-0.05, 0) is 36.8 Å². The summed E-state index contributed by atoms with van der Waals surface area (Å²) in [7, 11) is 0. The van der Waals surface area contributed by atoms with Gasteiger partial charge in [0.15, 0.2) is 5.78 Å². The van der Waals surface area contributed by atoms with Gasteiger partial charge in [0.1, 0.15) is 5.60 Å². The molecular formula is C17H24O3. The highest BCUT2D eigenvalue weighted by Crippen LogP contribution is 2.63. The van der Waals surface area contributed by atoms with Crippen LogP contribution in [-0.2, 0) is 14.3 Å². The van der Waals surface area contributed by atoms with Gasteiger partial charge < -0.3 is 4.74 Å². The van der Waals surface area contributed by atoms with E-state index in [4.69, 9.17) is 4.74 Å². The number of hydrogen-bond acceptors (Lipinski definition) is 3. The normalized spacial score (nSPS) is 43.2. The van der Waals surface area contributed by atoms with Crippen molar-refractivity contribution in [1.82, 2.24) is 0 Å². The quantitative estimate of drug-likeness (QED) is 0.637. The van der Waals surface area contributed by atoms with Crippen LogP contribution >= 0.6 is 0 Å². The van der Waals surface area contributed by atoms with Crippen LogP contribution in [0, 0.1) is 16.7 Å². The van der Waals surface area contributed by atoms with Crippen molar-refractivity contribution in [2.45, 2.75) is 65.4 Å². The van der Waals surface area contributed by atoms with Crippen molar-refractivity contribution in [2.24, 2.45) is 16.7 Å². The Morgan fingerprint density at radius 3 is 2.45 bits per heavy atom. The van der Waals surface area contributed by atoms with Crippen molar-refractivity contribution >= 4 is 11.8 Å². The summed E-state index contributed by atoms with van der Waals surface area (Å²) in [5, 5.41) is 0. The van der Waals surface area contributed by atoms with Crippen molar-refractivity contribution < 1.29 is 14.3 Å². The molecule has 3 rings (SSSR count). The van der Waals surface area contributed by atoms with Crippen LogP contribution in [0.5, 0.6) is 0 Å². The molecule has 0 aromatic rings. The first-order valence-corrected chi connectivity index (χ1v) is 7.67. The number of hydrogen-bond donors (Lipinski definition) is 0. The van der Waals surface area contributed by atoms with E-state index in [1.165, 1.54) is 0 Å². The van der Waals surface area contributed by atoms with E-state index in [1.54, 1.807) is 6.08 Å². The van der Waals surface area contributed by atoms with Gasteiger partial charge in [0.25, 0.3) is 0 Å². The lowest BCUT2D eigenvalue weighted by Gasteiger charge is -2.59. The molecule has 2 aliphatic carbocycles. The molecule has 2 fully saturated rings. The predicted octanol–water partition coefficient (Wildman–Crippen LogP) is 3.42. The minimum atomic E-state index is -0.541. The number of carbonyl (C=O) groups is 2. The fourth-order valence-corrected chi connectivity index (χ4v) is 5.31. The minimum absolute atomic E-state index is 0.0245. The molecule has 110 valence electrons. The summed E-state index contributed by atoms with van der Waals surface area (Å²) in [6.07, 6.45) is 6.08. The summed E-state index contributed by atoms with van der Waals surface area (Å²) >= 11 is 0. The van der Waals surface area contributed by atoms with Crippen LogP contribution in [0.25, 0.3) is 0 Å². The number of esters is 1. The maximum absolute atomic E-state index is 12.7. The number of fused-ring (bicyclic) bond motifs is 2. The van der Waals surface area contributed by atoms with Gasteiger partial charge in [-0.15, -0.1) is 0 Å². The molecule has 0 N–H and O–H groups in total. The Bertz CT molecular complexity index is 516. The number of ether oxygens (including phenoxy) is 1. The largest absolute Gasteiger partial charge is 0.454 e. The summed E-state index contributed by atoms with van der Waals surface area (Å²) in [6.45, 7) is 8.50. The van der Waals surface area contributed by atoms with Crippen molar-refractivity contribution in [3.63, 3.8) is 0 Å². The first-order chi connectivity index (χ1) is 9.23. The van der Waals surface area contributed by atoms with Crippen LogP contribution in [0.15, 0.2) is 11.6 Å². The SMILES string of the molecule is CC1=CC(=O)[C@H]2C(C)(C)CCC[C@]2(C)[C@@]12CCC(=O)O2. The highest BCUT2D eigenvalue weighted by atomic mass is 16.6. The third kappa shape index (κ3) is 1.52. The molecule has 0 bridgehead atoms. The third-order valence-corrected chi connectivity index (χ3v) is 6.11. The van der Waals surface area contributed by atoms with Gasteiger partial charge in [-0.3, -0.25) is 9.59 Å². The zero-order valence-electron chi connectivity index (χ0n) is 12.9. The van der Waals surface area contributed by atoms with Gasteiger partial charge in [0.05, 0.1) is 0 Å². The Balaban J connectivity index is 2.18. The highest BCUT2D eigenvalue weighted by molar-refractivity contribution is 5.96. The van der Waals surface area contributed by atoms with E-state index in [-0.39, 0.29) is 28.5 Å². The molecule has 1 heterocycles. The van der Waals surface area contributed by atoms with Crippen molar-refractivity contribution in [2.75, 3.05) is 0 Å². The van der Waals surface area contributed by atoms with E-state index in [0.29, 0.717) is 6.42 Å². The molecule has 20 heavy (non-hydrogen) atoms. The van der Waals surface area contributed by atoms with Crippen LogP contribution in [0.1, 0.15) is 59.8 Å². The zero-order chi connectivity index (χ0) is 14.8. The standard InChI is InChI=1S/C17H24O3/c1-11-10-12(18)14-15(2,3)7-5-8-16(14,4)17(11)9-6-13(19)20-17/h10,14H,5-9H2,1-4H3/t14-,16-,17+/m0/s1. The second-order valence-corrected chi connectivity index (χ2v) is 7.72. The van der Waals surface area contributed by atoms with Crippen LogP contribution in [0.3, 0.4) is 0 Å². The Hall–Kier alpha value is -1.12. The summed E-state index contributed by atoms with van der Waals surface area (Å²) in [5.74, 6) is 0.0667. The number of ketones is 1. The Morgan fingerprint density at radius 1 is 1.15 bits per heavy atom. The maximum atomic E-state index is 12.7. The molecule has 3 atom stereocenters. The fourth-order valence-electron chi connectivity index (χ4n) is 5.31. The molecule has 1 spiro atoms. The van der Waals surface area contributed by atoms with Gasteiger partial charge >= 0.3 is 5.97 Å². The van der Waals surface area contributed by atoms with Crippen LogP contribution in [0.4, 0.5) is 0 Å². The second kappa shape index (κ2) is 3.96. The smallest absolute Gasteiger partial charge is 0.306 e. The van der Waals surface area contributed by atoms with Gasteiger partial charge in [0, 0.05) is 24.2 Å². The number of allylic oxidation sites excluding steroid dienone is 1. The predicted molar refractivity (Wildman–Crippen MR) is 76.1 cm³/mol. The van der Waals surface area contributed by atoms with Crippen molar-refractivity contribution in [1.29, 1.82) is 0 Å². The van der Waals surface area contributed by atoms with Gasteiger partial charge in [0.2, 0.25) is 0 Å². The Kier molecular flexibility index (Phi) is 2.74. The molecule has 1 aliphatic heterocycles. The topological polar surface area (TPSA) is 43.4 Å². The monoisotopic (exact) mass is 276 g/mol. The van der Waals surface area contributed by atoms with E-state index < -0.39 is 5.60 Å². The molecule has 3 aliphatic rings. The molecule has 0 aromatic heterocycles. The lowest BCUT2D eigenvalue weighted by Crippen LogP contribution is -2.61. The fraction of sp³-hybridized carbons (Fsp3) is 0.765. The molecule has 1 saturated heterocycles. The molecule has 0 unspecified atom stereocenters. The van der Waals surface area contributed by atoms with Crippen molar-refractivity contribution in [3.8, 4) is 0 Å². The van der Waals surface area contributed by atoms with Crippen LogP contribution < -0.4 is 0 Å². The van der Waals surface area contributed by atoms with Gasteiger partial charge in [-0.1, -0.05) is 27.2 Å². The highest BCUT2D eigenvalue weighted by Gasteiger charge is 2.65. The second-order valence-electron chi connectivity index (χ2n) is 7.72. The summed E-state index contributed by atoms with van der Waals surface area (Å²) < 4.78 is 5.86. The third-order valence-electron chi connectivity index (χ3n) is 6.11. The van der Waals surface area contributed by atoms with E-state index in [2.05, 4.69) is 20.8 Å². The van der Waals surface area contributed by atoms with Gasteiger partial charge in [-0.2, -0.15) is 0 Å². The van der Waals surface area contributed by atoms with E-state index in [1.807, 2.05) is 6.92 Å². The lowest BCUT2D eigenvalue weighted by molar-refractivity contribution is -0.178. The Labute approximate surface area is 120 Å². The molecule has 1 saturated carbocycles. The summed E-state index contributed by atoms with van der Waals surface area (Å²) in [4.78, 5) is 24.5. The van der Waals surface area contributed by atoms with E-state index in [0.717, 1.165) is 31.3 Å². The van der Waals surface area contributed by atoms with E-state index >= 15 is 0 Å². The lowest BCUT2D eigenvalue weighted by atomic mass is 9.46. The summed E-state index contributed by atoms with van der Waals surface area (Å²) in [6, 6.07) is 0. The molecule has 0 aromatic carbocycles.